The molecule has 1 heterocycles. The van der Waals surface area contributed by atoms with Gasteiger partial charge >= 0.3 is 0 Å². The number of benzene rings is 2. The molecular formula is C19H17ClN2O2. The number of rotatable bonds is 4. The molecular weight excluding hydrogens is 324 g/mol. The highest BCUT2D eigenvalue weighted by Crippen LogP contribution is 2.32. The first-order valence-corrected chi connectivity index (χ1v) is 8.24. The van der Waals surface area contributed by atoms with E-state index in [-0.39, 0.29) is 11.8 Å². The molecule has 0 N–H and O–H groups in total. The second kappa shape index (κ2) is 6.97. The van der Waals surface area contributed by atoms with Crippen LogP contribution in [0.25, 0.3) is 0 Å². The van der Waals surface area contributed by atoms with Crippen molar-refractivity contribution in [1.29, 1.82) is 0 Å². The SMILES string of the molecule is CCCN=CC1C(=O)N(c2cccc(Cl)c2)C(=O)c2ccccc21. The summed E-state index contributed by atoms with van der Waals surface area (Å²) in [6.07, 6.45) is 2.55. The van der Waals surface area contributed by atoms with Crippen LogP contribution in [-0.2, 0) is 4.79 Å². The lowest BCUT2D eigenvalue weighted by Crippen LogP contribution is -2.45. The largest absolute Gasteiger partial charge is 0.296 e. The number of imide groups is 1. The fourth-order valence-electron chi connectivity index (χ4n) is 2.77. The minimum absolute atomic E-state index is 0.305. The molecule has 4 nitrogen and oxygen atoms in total. The lowest BCUT2D eigenvalue weighted by molar-refractivity contribution is -0.118. The highest BCUT2D eigenvalue weighted by atomic mass is 35.5. The van der Waals surface area contributed by atoms with Crippen LogP contribution in [0.15, 0.2) is 53.5 Å². The molecule has 5 heteroatoms. The Labute approximate surface area is 145 Å². The van der Waals surface area contributed by atoms with Crippen molar-refractivity contribution in [2.45, 2.75) is 19.3 Å². The second-order valence-electron chi connectivity index (χ2n) is 5.58. The van der Waals surface area contributed by atoms with Crippen molar-refractivity contribution in [3.05, 3.63) is 64.7 Å². The van der Waals surface area contributed by atoms with Crippen molar-refractivity contribution >= 4 is 35.3 Å². The highest BCUT2D eigenvalue weighted by Gasteiger charge is 2.38. The van der Waals surface area contributed by atoms with E-state index in [2.05, 4.69) is 4.99 Å². The summed E-state index contributed by atoms with van der Waals surface area (Å²) >= 11 is 6.02. The molecule has 1 aliphatic heterocycles. The molecule has 24 heavy (non-hydrogen) atoms. The fourth-order valence-corrected chi connectivity index (χ4v) is 2.95. The number of carbonyl (C=O) groups excluding carboxylic acids is 2. The molecule has 1 aliphatic rings. The van der Waals surface area contributed by atoms with E-state index in [0.29, 0.717) is 28.4 Å². The maximum Gasteiger partial charge on any atom is 0.265 e. The third kappa shape index (κ3) is 2.97. The Hall–Kier alpha value is -2.46. The Bertz CT molecular complexity index is 817. The van der Waals surface area contributed by atoms with Crippen LogP contribution >= 0.6 is 11.6 Å². The van der Waals surface area contributed by atoms with Gasteiger partial charge in [-0.15, -0.1) is 0 Å². The highest BCUT2D eigenvalue weighted by molar-refractivity contribution is 6.32. The number of anilines is 1. The van der Waals surface area contributed by atoms with E-state index >= 15 is 0 Å². The van der Waals surface area contributed by atoms with Crippen molar-refractivity contribution in [3.8, 4) is 0 Å². The molecule has 0 aliphatic carbocycles. The predicted molar refractivity (Wildman–Crippen MR) is 96.1 cm³/mol. The van der Waals surface area contributed by atoms with Crippen LogP contribution in [0.5, 0.6) is 0 Å². The molecule has 122 valence electrons. The van der Waals surface area contributed by atoms with Crippen LogP contribution in [0.3, 0.4) is 0 Å². The number of aliphatic imine (C=N–C) groups is 1. The van der Waals surface area contributed by atoms with Gasteiger partial charge in [-0.1, -0.05) is 42.8 Å². The Morgan fingerprint density at radius 1 is 1.17 bits per heavy atom. The zero-order valence-corrected chi connectivity index (χ0v) is 14.0. The van der Waals surface area contributed by atoms with E-state index in [1.54, 1.807) is 42.6 Å². The summed E-state index contributed by atoms with van der Waals surface area (Å²) < 4.78 is 0. The third-order valence-electron chi connectivity index (χ3n) is 3.89. The van der Waals surface area contributed by atoms with E-state index in [1.165, 1.54) is 4.90 Å². The first-order chi connectivity index (χ1) is 11.6. The fraction of sp³-hybridized carbons (Fsp3) is 0.211. The van der Waals surface area contributed by atoms with Crippen molar-refractivity contribution in [2.75, 3.05) is 11.4 Å². The maximum absolute atomic E-state index is 13.0. The smallest absolute Gasteiger partial charge is 0.265 e. The van der Waals surface area contributed by atoms with Gasteiger partial charge in [0.05, 0.1) is 11.6 Å². The molecule has 2 aromatic rings. The summed E-state index contributed by atoms with van der Waals surface area (Å²) in [5, 5.41) is 0.475. The molecule has 0 fully saturated rings. The molecule has 0 radical (unpaired) electrons. The lowest BCUT2D eigenvalue weighted by atomic mass is 9.89. The summed E-state index contributed by atoms with van der Waals surface area (Å²) in [5.74, 6) is -1.21. The number of carbonyl (C=O) groups is 2. The van der Waals surface area contributed by atoms with Gasteiger partial charge in [0.2, 0.25) is 5.91 Å². The van der Waals surface area contributed by atoms with E-state index in [1.807, 2.05) is 19.1 Å². The standard InChI is InChI=1S/C19H17ClN2O2/c1-2-10-21-12-17-15-8-3-4-9-16(15)18(23)22(19(17)24)14-7-5-6-13(20)11-14/h3-9,11-12,17H,2,10H2,1H3. The van der Waals surface area contributed by atoms with E-state index in [0.717, 1.165) is 6.42 Å². The number of hydrogen-bond donors (Lipinski definition) is 0. The van der Waals surface area contributed by atoms with Crippen molar-refractivity contribution in [1.82, 2.24) is 0 Å². The topological polar surface area (TPSA) is 49.7 Å². The average Bonchev–Trinajstić information content (AvgIpc) is 2.58. The number of halogens is 1. The van der Waals surface area contributed by atoms with Crippen LogP contribution < -0.4 is 4.90 Å². The average molecular weight is 341 g/mol. The molecule has 1 unspecified atom stereocenters. The Kier molecular flexibility index (Phi) is 4.76. The van der Waals surface area contributed by atoms with E-state index in [4.69, 9.17) is 11.6 Å². The summed E-state index contributed by atoms with van der Waals surface area (Å²) in [6, 6.07) is 13.9. The molecule has 0 bridgehead atoms. The van der Waals surface area contributed by atoms with Gasteiger partial charge in [-0.3, -0.25) is 14.6 Å². The zero-order chi connectivity index (χ0) is 17.1. The maximum atomic E-state index is 13.0. The molecule has 3 rings (SSSR count). The first kappa shape index (κ1) is 16.4. The van der Waals surface area contributed by atoms with Gasteiger partial charge < -0.3 is 0 Å². The minimum atomic E-state index is -0.565. The van der Waals surface area contributed by atoms with Gasteiger partial charge in [0, 0.05) is 23.3 Å². The van der Waals surface area contributed by atoms with Gasteiger partial charge in [0.25, 0.3) is 5.91 Å². The van der Waals surface area contributed by atoms with Crippen molar-refractivity contribution < 1.29 is 9.59 Å². The van der Waals surface area contributed by atoms with E-state index in [9.17, 15) is 9.59 Å². The van der Waals surface area contributed by atoms with Crippen molar-refractivity contribution in [2.24, 2.45) is 4.99 Å². The summed E-state index contributed by atoms with van der Waals surface area (Å²) in [5.41, 5.74) is 1.69. The number of amides is 2. The molecule has 2 aromatic carbocycles. The van der Waals surface area contributed by atoms with Gasteiger partial charge in [0.15, 0.2) is 0 Å². The first-order valence-electron chi connectivity index (χ1n) is 7.86. The van der Waals surface area contributed by atoms with Crippen molar-refractivity contribution in [3.63, 3.8) is 0 Å². The molecule has 2 amide bonds. The molecule has 0 spiro atoms. The molecule has 0 saturated carbocycles. The number of nitrogens with zero attached hydrogens (tertiary/aromatic N) is 2. The molecule has 1 atom stereocenters. The number of hydrogen-bond acceptors (Lipinski definition) is 3. The van der Waals surface area contributed by atoms with Gasteiger partial charge in [-0.2, -0.15) is 0 Å². The lowest BCUT2D eigenvalue weighted by Gasteiger charge is -2.31. The number of fused-ring (bicyclic) bond motifs is 1. The van der Waals surface area contributed by atoms with Crippen LogP contribution in [0.4, 0.5) is 5.69 Å². The Morgan fingerprint density at radius 2 is 1.96 bits per heavy atom. The van der Waals surface area contributed by atoms with Gasteiger partial charge in [0.1, 0.15) is 0 Å². The summed E-state index contributed by atoms with van der Waals surface area (Å²) in [4.78, 5) is 31.3. The van der Waals surface area contributed by atoms with Gasteiger partial charge in [-0.05, 0) is 36.2 Å². The third-order valence-corrected chi connectivity index (χ3v) is 4.12. The predicted octanol–water partition coefficient (Wildman–Crippen LogP) is 4.09. The molecule has 0 saturated heterocycles. The van der Waals surface area contributed by atoms with Crippen LogP contribution in [-0.4, -0.2) is 24.6 Å². The zero-order valence-electron chi connectivity index (χ0n) is 13.3. The second-order valence-corrected chi connectivity index (χ2v) is 6.02. The Morgan fingerprint density at radius 3 is 2.71 bits per heavy atom. The summed E-state index contributed by atoms with van der Waals surface area (Å²) in [6.45, 7) is 2.67. The monoisotopic (exact) mass is 340 g/mol. The van der Waals surface area contributed by atoms with Crippen LogP contribution in [0, 0.1) is 0 Å². The Balaban J connectivity index is 2.09. The summed E-state index contributed by atoms with van der Waals surface area (Å²) in [7, 11) is 0. The van der Waals surface area contributed by atoms with E-state index < -0.39 is 5.92 Å². The quantitative estimate of drug-likeness (QED) is 0.621. The normalized spacial score (nSPS) is 17.4. The minimum Gasteiger partial charge on any atom is -0.296 e. The van der Waals surface area contributed by atoms with Crippen LogP contribution in [0.2, 0.25) is 5.02 Å². The van der Waals surface area contributed by atoms with Crippen LogP contribution in [0.1, 0.15) is 35.2 Å². The van der Waals surface area contributed by atoms with Gasteiger partial charge in [-0.25, -0.2) is 4.90 Å². The molecule has 0 aromatic heterocycles.